The van der Waals surface area contributed by atoms with E-state index in [2.05, 4.69) is 21.2 Å². The summed E-state index contributed by atoms with van der Waals surface area (Å²) in [5.41, 5.74) is 0.919. The first-order valence-corrected chi connectivity index (χ1v) is 6.22. The van der Waals surface area contributed by atoms with E-state index in [1.807, 2.05) is 37.2 Å². The molecule has 0 bridgehead atoms. The van der Waals surface area contributed by atoms with Crippen molar-refractivity contribution in [2.75, 3.05) is 39.6 Å². The largest absolute Gasteiger partial charge is 0.497 e. The maximum Gasteiger partial charge on any atom is 0.121 e. The van der Waals surface area contributed by atoms with Crippen LogP contribution in [0.5, 0.6) is 5.75 Å². The van der Waals surface area contributed by atoms with E-state index in [1.54, 1.807) is 7.11 Å². The van der Waals surface area contributed by atoms with Crippen LogP contribution in [-0.2, 0) is 0 Å². The van der Waals surface area contributed by atoms with Gasteiger partial charge < -0.3 is 20.1 Å². The lowest BCUT2D eigenvalue weighted by molar-refractivity contribution is 0.148. The molecule has 0 aliphatic heterocycles. The highest BCUT2D eigenvalue weighted by molar-refractivity contribution is 9.10. The maximum absolute atomic E-state index is 9.75. The minimum absolute atomic E-state index is 0.400. The Balaban J connectivity index is 2.56. The summed E-state index contributed by atoms with van der Waals surface area (Å²) < 4.78 is 6.10. The average molecular weight is 303 g/mol. The number of aliphatic hydroxyl groups is 1. The lowest BCUT2D eigenvalue weighted by Crippen LogP contribution is -2.31. The van der Waals surface area contributed by atoms with Crippen molar-refractivity contribution in [2.24, 2.45) is 0 Å². The van der Waals surface area contributed by atoms with Gasteiger partial charge in [0.15, 0.2) is 0 Å². The highest BCUT2D eigenvalue weighted by Crippen LogP contribution is 2.26. The molecule has 0 fully saturated rings. The van der Waals surface area contributed by atoms with Crippen LogP contribution in [0.25, 0.3) is 0 Å². The Morgan fingerprint density at radius 2 is 2.18 bits per heavy atom. The SMILES string of the molecule is COc1ccc(Br)c(NCC(O)CN(C)C)c1. The number of methoxy groups -OCH3 is 1. The monoisotopic (exact) mass is 302 g/mol. The first kappa shape index (κ1) is 14.3. The van der Waals surface area contributed by atoms with Gasteiger partial charge in [-0.05, 0) is 42.2 Å². The molecular weight excluding hydrogens is 284 g/mol. The molecule has 0 saturated heterocycles. The first-order chi connectivity index (χ1) is 8.02. The molecule has 5 heteroatoms. The molecule has 0 spiro atoms. The van der Waals surface area contributed by atoms with Crippen LogP contribution < -0.4 is 10.1 Å². The van der Waals surface area contributed by atoms with Crippen molar-refractivity contribution in [1.82, 2.24) is 4.90 Å². The summed E-state index contributed by atoms with van der Waals surface area (Å²) in [6.45, 7) is 1.14. The van der Waals surface area contributed by atoms with Crippen molar-refractivity contribution in [3.63, 3.8) is 0 Å². The van der Waals surface area contributed by atoms with Gasteiger partial charge in [-0.25, -0.2) is 0 Å². The van der Waals surface area contributed by atoms with E-state index in [1.165, 1.54) is 0 Å². The van der Waals surface area contributed by atoms with Crippen LogP contribution in [0.2, 0.25) is 0 Å². The number of likely N-dealkylation sites (N-methyl/N-ethyl adjacent to an activating group) is 1. The normalized spacial score (nSPS) is 12.6. The van der Waals surface area contributed by atoms with Crippen LogP contribution in [0.1, 0.15) is 0 Å². The molecule has 96 valence electrons. The first-order valence-electron chi connectivity index (χ1n) is 5.43. The van der Waals surface area contributed by atoms with Gasteiger partial charge in [0.1, 0.15) is 5.75 Å². The summed E-state index contributed by atoms with van der Waals surface area (Å²) in [6, 6.07) is 5.69. The molecule has 2 N–H and O–H groups in total. The van der Waals surface area contributed by atoms with E-state index < -0.39 is 6.10 Å². The molecule has 1 rings (SSSR count). The maximum atomic E-state index is 9.75. The standard InChI is InChI=1S/C12H19BrN2O2/c1-15(2)8-9(16)7-14-12-6-10(17-3)4-5-11(12)13/h4-6,9,14,16H,7-8H2,1-3H3. The van der Waals surface area contributed by atoms with Gasteiger partial charge in [-0.15, -0.1) is 0 Å². The smallest absolute Gasteiger partial charge is 0.121 e. The second kappa shape index (κ2) is 6.83. The zero-order valence-corrected chi connectivity index (χ0v) is 12.0. The van der Waals surface area contributed by atoms with Gasteiger partial charge in [0.2, 0.25) is 0 Å². The highest BCUT2D eigenvalue weighted by atomic mass is 79.9. The fourth-order valence-corrected chi connectivity index (χ4v) is 1.87. The molecule has 0 aliphatic carbocycles. The van der Waals surface area contributed by atoms with Crippen LogP contribution in [0, 0.1) is 0 Å². The Labute approximate surface area is 111 Å². The number of nitrogens with zero attached hydrogens (tertiary/aromatic N) is 1. The minimum Gasteiger partial charge on any atom is -0.497 e. The molecule has 0 radical (unpaired) electrons. The molecule has 1 unspecified atom stereocenters. The molecule has 0 aliphatic rings. The molecule has 0 saturated carbocycles. The van der Waals surface area contributed by atoms with E-state index >= 15 is 0 Å². The van der Waals surface area contributed by atoms with Gasteiger partial charge in [0, 0.05) is 23.6 Å². The average Bonchev–Trinajstić information content (AvgIpc) is 2.27. The molecule has 1 aromatic carbocycles. The third-order valence-corrected chi connectivity index (χ3v) is 2.97. The summed E-state index contributed by atoms with van der Waals surface area (Å²) in [7, 11) is 5.50. The Hall–Kier alpha value is -0.780. The fraction of sp³-hybridized carbons (Fsp3) is 0.500. The number of hydrogen-bond acceptors (Lipinski definition) is 4. The third-order valence-electron chi connectivity index (χ3n) is 2.28. The van der Waals surface area contributed by atoms with Crippen LogP contribution in [0.4, 0.5) is 5.69 Å². The van der Waals surface area contributed by atoms with Crippen molar-refractivity contribution in [3.8, 4) is 5.75 Å². The summed E-state index contributed by atoms with van der Waals surface area (Å²) in [5, 5.41) is 12.9. The van der Waals surface area contributed by atoms with Gasteiger partial charge in [0.25, 0.3) is 0 Å². The van der Waals surface area contributed by atoms with Gasteiger partial charge >= 0.3 is 0 Å². The number of halogens is 1. The summed E-state index contributed by atoms with van der Waals surface area (Å²) in [6.07, 6.45) is -0.400. The summed E-state index contributed by atoms with van der Waals surface area (Å²) >= 11 is 3.45. The quantitative estimate of drug-likeness (QED) is 0.841. The molecule has 0 amide bonds. The van der Waals surface area contributed by atoms with Gasteiger partial charge in [0.05, 0.1) is 18.9 Å². The lowest BCUT2D eigenvalue weighted by Gasteiger charge is -2.17. The molecular formula is C12H19BrN2O2. The number of benzene rings is 1. The molecule has 1 atom stereocenters. The Morgan fingerprint density at radius 1 is 1.47 bits per heavy atom. The predicted molar refractivity (Wildman–Crippen MR) is 73.7 cm³/mol. The van der Waals surface area contributed by atoms with Crippen LogP contribution >= 0.6 is 15.9 Å². The molecule has 0 heterocycles. The van der Waals surface area contributed by atoms with Crippen LogP contribution in [-0.4, -0.2) is 50.4 Å². The van der Waals surface area contributed by atoms with E-state index in [-0.39, 0.29) is 0 Å². The number of nitrogens with one attached hydrogen (secondary N) is 1. The van der Waals surface area contributed by atoms with Crippen molar-refractivity contribution in [1.29, 1.82) is 0 Å². The van der Waals surface area contributed by atoms with Crippen molar-refractivity contribution >= 4 is 21.6 Å². The topological polar surface area (TPSA) is 44.7 Å². The number of rotatable bonds is 6. The third kappa shape index (κ3) is 4.93. The summed E-state index contributed by atoms with van der Waals surface area (Å²) in [5.74, 6) is 0.790. The van der Waals surface area contributed by atoms with E-state index in [0.717, 1.165) is 15.9 Å². The predicted octanol–water partition coefficient (Wildman–Crippen LogP) is 1.79. The second-order valence-corrected chi connectivity index (χ2v) is 5.00. The fourth-order valence-electron chi connectivity index (χ4n) is 1.48. The van der Waals surface area contributed by atoms with Crippen molar-refractivity contribution < 1.29 is 9.84 Å². The molecule has 1 aromatic rings. The molecule has 4 nitrogen and oxygen atoms in total. The Kier molecular flexibility index (Phi) is 5.74. The van der Waals surface area contributed by atoms with Crippen molar-refractivity contribution in [3.05, 3.63) is 22.7 Å². The number of ether oxygens (including phenoxy) is 1. The van der Waals surface area contributed by atoms with Gasteiger partial charge in [-0.2, -0.15) is 0 Å². The van der Waals surface area contributed by atoms with E-state index in [0.29, 0.717) is 13.1 Å². The van der Waals surface area contributed by atoms with Gasteiger partial charge in [-0.3, -0.25) is 0 Å². The second-order valence-electron chi connectivity index (χ2n) is 4.14. The molecule has 17 heavy (non-hydrogen) atoms. The Bertz CT molecular complexity index is 358. The molecule has 0 aromatic heterocycles. The minimum atomic E-state index is -0.400. The highest BCUT2D eigenvalue weighted by Gasteiger charge is 2.07. The lowest BCUT2D eigenvalue weighted by atomic mass is 10.2. The number of aliphatic hydroxyl groups excluding tert-OH is 1. The number of anilines is 1. The number of hydrogen-bond donors (Lipinski definition) is 2. The summed E-state index contributed by atoms with van der Waals surface area (Å²) in [4.78, 5) is 1.95. The zero-order valence-electron chi connectivity index (χ0n) is 10.4. The van der Waals surface area contributed by atoms with Crippen LogP contribution in [0.3, 0.4) is 0 Å². The van der Waals surface area contributed by atoms with Crippen LogP contribution in [0.15, 0.2) is 22.7 Å². The zero-order chi connectivity index (χ0) is 12.8. The van der Waals surface area contributed by atoms with Crippen molar-refractivity contribution in [2.45, 2.75) is 6.10 Å². The van der Waals surface area contributed by atoms with Gasteiger partial charge in [-0.1, -0.05) is 0 Å². The van der Waals surface area contributed by atoms with E-state index in [9.17, 15) is 5.11 Å². The van der Waals surface area contributed by atoms with E-state index in [4.69, 9.17) is 4.74 Å². The Morgan fingerprint density at radius 3 is 2.76 bits per heavy atom.